The number of benzene rings is 2. The number of halogens is 3. The fraction of sp³-hybridized carbons (Fsp3) is 0.0952. The smallest absolute Gasteiger partial charge is 0.260 e. The lowest BCUT2D eigenvalue weighted by molar-refractivity contribution is -0.116. The van der Waals surface area contributed by atoms with Crippen LogP contribution < -0.4 is 10.6 Å². The van der Waals surface area contributed by atoms with E-state index in [1.807, 2.05) is 31.2 Å². The summed E-state index contributed by atoms with van der Waals surface area (Å²) in [7, 11) is 0. The van der Waals surface area contributed by atoms with E-state index in [1.165, 1.54) is 11.8 Å². The topological polar surface area (TPSA) is 54.3 Å². The molecule has 1 unspecified atom stereocenters. The molecule has 2 heterocycles. The Morgan fingerprint density at radius 1 is 1.14 bits per heavy atom. The summed E-state index contributed by atoms with van der Waals surface area (Å²) in [4.78, 5) is 12.9. The van der Waals surface area contributed by atoms with Crippen molar-refractivity contribution in [3.63, 3.8) is 0 Å². The van der Waals surface area contributed by atoms with Gasteiger partial charge in [-0.15, -0.1) is 0 Å². The van der Waals surface area contributed by atoms with E-state index in [2.05, 4.69) is 10.6 Å². The Labute approximate surface area is 187 Å². The zero-order chi connectivity index (χ0) is 20.5. The minimum Gasteiger partial charge on any atom is -0.457 e. The Kier molecular flexibility index (Phi) is 5.83. The summed E-state index contributed by atoms with van der Waals surface area (Å²) in [6.45, 7) is 1.97. The molecular weight excluding hydrogens is 451 g/mol. The summed E-state index contributed by atoms with van der Waals surface area (Å²) < 4.78 is 5.85. The number of anilines is 1. The van der Waals surface area contributed by atoms with Crippen LogP contribution in [-0.2, 0) is 4.79 Å². The molecule has 8 heteroatoms. The highest BCUT2D eigenvalue weighted by Crippen LogP contribution is 2.36. The van der Waals surface area contributed by atoms with Crippen molar-refractivity contribution in [3.05, 3.63) is 79.8 Å². The van der Waals surface area contributed by atoms with Gasteiger partial charge in [0.2, 0.25) is 0 Å². The Bertz CT molecular complexity index is 1130. The molecule has 1 amide bonds. The molecule has 0 radical (unpaired) electrons. The molecule has 0 bridgehead atoms. The third kappa shape index (κ3) is 4.43. The van der Waals surface area contributed by atoms with Crippen molar-refractivity contribution in [3.8, 4) is 11.3 Å². The molecule has 1 saturated heterocycles. The fourth-order valence-corrected chi connectivity index (χ4v) is 4.38. The molecule has 4 rings (SSSR count). The Balaban J connectivity index is 1.52. The summed E-state index contributed by atoms with van der Waals surface area (Å²) in [6.07, 6.45) is 1.70. The molecule has 2 aromatic carbocycles. The van der Waals surface area contributed by atoms with Gasteiger partial charge in [0.1, 0.15) is 11.5 Å². The van der Waals surface area contributed by atoms with Gasteiger partial charge in [0.05, 0.1) is 15.0 Å². The summed E-state index contributed by atoms with van der Waals surface area (Å²) in [5, 5.41) is 7.69. The zero-order valence-corrected chi connectivity index (χ0v) is 18.2. The molecule has 1 aromatic heterocycles. The molecule has 3 aromatic rings. The van der Waals surface area contributed by atoms with Crippen LogP contribution >= 0.6 is 46.6 Å². The molecule has 29 heavy (non-hydrogen) atoms. The Hall–Kier alpha value is -2.05. The van der Waals surface area contributed by atoms with Crippen LogP contribution in [0.15, 0.2) is 57.9 Å². The third-order valence-electron chi connectivity index (χ3n) is 4.33. The van der Waals surface area contributed by atoms with Crippen molar-refractivity contribution < 1.29 is 9.21 Å². The number of amides is 1. The van der Waals surface area contributed by atoms with E-state index in [4.69, 9.17) is 39.2 Å². The van der Waals surface area contributed by atoms with E-state index < -0.39 is 0 Å². The van der Waals surface area contributed by atoms with Crippen LogP contribution in [0.25, 0.3) is 17.4 Å². The van der Waals surface area contributed by atoms with Crippen molar-refractivity contribution in [1.82, 2.24) is 5.32 Å². The summed E-state index contributed by atoms with van der Waals surface area (Å²) in [5.74, 6) is 0.955. The van der Waals surface area contributed by atoms with E-state index >= 15 is 0 Å². The number of carbonyl (C=O) groups is 1. The minimum absolute atomic E-state index is 0.175. The number of thioether (sulfide) groups is 1. The second-order valence-electron chi connectivity index (χ2n) is 6.39. The molecule has 148 valence electrons. The molecule has 2 N–H and O–H groups in total. The van der Waals surface area contributed by atoms with Crippen molar-refractivity contribution in [1.29, 1.82) is 0 Å². The highest BCUT2D eigenvalue weighted by molar-refractivity contribution is 8.05. The SMILES string of the molecule is Cc1ccc(Cl)cc1NC1NC(=O)/C(=C/c2ccc(-c3cccc(Cl)c3Cl)o2)S1. The van der Waals surface area contributed by atoms with E-state index in [1.54, 1.807) is 30.3 Å². The number of rotatable bonds is 4. The normalized spacial score (nSPS) is 17.6. The van der Waals surface area contributed by atoms with E-state index in [0.717, 1.165) is 11.3 Å². The van der Waals surface area contributed by atoms with Gasteiger partial charge in [-0.25, -0.2) is 0 Å². The summed E-state index contributed by atoms with van der Waals surface area (Å²) in [5.41, 5.74) is 2.30. The second kappa shape index (κ2) is 8.36. The number of furan rings is 1. The minimum atomic E-state index is -0.303. The highest BCUT2D eigenvalue weighted by Gasteiger charge is 2.28. The van der Waals surface area contributed by atoms with Gasteiger partial charge in [-0.3, -0.25) is 4.79 Å². The van der Waals surface area contributed by atoms with Crippen LogP contribution in [0, 0.1) is 6.92 Å². The van der Waals surface area contributed by atoms with E-state index in [0.29, 0.717) is 37.1 Å². The van der Waals surface area contributed by atoms with Crippen LogP contribution in [0.5, 0.6) is 0 Å². The van der Waals surface area contributed by atoms with Crippen LogP contribution in [0.4, 0.5) is 5.69 Å². The lowest BCUT2D eigenvalue weighted by Gasteiger charge is -2.15. The number of aryl methyl sites for hydroxylation is 1. The van der Waals surface area contributed by atoms with Gasteiger partial charge in [0.15, 0.2) is 5.50 Å². The second-order valence-corrected chi connectivity index (χ2v) is 8.76. The van der Waals surface area contributed by atoms with Crippen LogP contribution in [0.3, 0.4) is 0 Å². The molecule has 1 atom stereocenters. The first-order chi connectivity index (χ1) is 13.9. The standard InChI is InChI=1S/C21H15Cl3N2O2S/c1-11-5-6-12(22)9-16(11)25-21-26-20(27)18(29-21)10-13-7-8-17(28-13)14-3-2-4-15(23)19(14)24/h2-10,21,25H,1H3,(H,26,27)/b18-10-. The summed E-state index contributed by atoms with van der Waals surface area (Å²) >= 11 is 19.8. The highest BCUT2D eigenvalue weighted by atomic mass is 35.5. The van der Waals surface area contributed by atoms with Gasteiger partial charge in [-0.2, -0.15) is 0 Å². The molecular formula is C21H15Cl3N2O2S. The maximum Gasteiger partial charge on any atom is 0.260 e. The number of nitrogens with one attached hydrogen (secondary N) is 2. The first-order valence-electron chi connectivity index (χ1n) is 8.67. The van der Waals surface area contributed by atoms with Gasteiger partial charge in [0, 0.05) is 22.3 Å². The van der Waals surface area contributed by atoms with Crippen LogP contribution in [0.2, 0.25) is 15.1 Å². The van der Waals surface area contributed by atoms with Crippen LogP contribution in [-0.4, -0.2) is 11.4 Å². The number of hydrogen-bond donors (Lipinski definition) is 2. The molecule has 1 fully saturated rings. The van der Waals surface area contributed by atoms with Gasteiger partial charge >= 0.3 is 0 Å². The number of hydrogen-bond acceptors (Lipinski definition) is 4. The Morgan fingerprint density at radius 2 is 1.97 bits per heavy atom. The summed E-state index contributed by atoms with van der Waals surface area (Å²) in [6, 6.07) is 14.5. The van der Waals surface area contributed by atoms with Crippen molar-refractivity contribution in [2.24, 2.45) is 0 Å². The average Bonchev–Trinajstić information content (AvgIpc) is 3.28. The van der Waals surface area contributed by atoms with Gasteiger partial charge in [-0.1, -0.05) is 58.7 Å². The predicted octanol–water partition coefficient (Wildman–Crippen LogP) is 6.81. The van der Waals surface area contributed by atoms with Crippen molar-refractivity contribution in [2.75, 3.05) is 5.32 Å². The van der Waals surface area contributed by atoms with E-state index in [-0.39, 0.29) is 11.4 Å². The first kappa shape index (κ1) is 20.2. The van der Waals surface area contributed by atoms with Gasteiger partial charge in [-0.05, 0) is 48.9 Å². The largest absolute Gasteiger partial charge is 0.457 e. The predicted molar refractivity (Wildman–Crippen MR) is 121 cm³/mol. The molecule has 4 nitrogen and oxygen atoms in total. The number of carbonyl (C=O) groups excluding carboxylic acids is 1. The molecule has 0 saturated carbocycles. The maximum absolute atomic E-state index is 12.4. The maximum atomic E-state index is 12.4. The molecule has 1 aliphatic heterocycles. The molecule has 1 aliphatic rings. The van der Waals surface area contributed by atoms with Gasteiger partial charge in [0.25, 0.3) is 5.91 Å². The molecule has 0 spiro atoms. The van der Waals surface area contributed by atoms with Crippen molar-refractivity contribution >= 4 is 64.2 Å². The van der Waals surface area contributed by atoms with Crippen molar-refractivity contribution in [2.45, 2.75) is 12.4 Å². The monoisotopic (exact) mass is 464 g/mol. The lowest BCUT2D eigenvalue weighted by atomic mass is 10.2. The van der Waals surface area contributed by atoms with Gasteiger partial charge < -0.3 is 15.1 Å². The first-order valence-corrected chi connectivity index (χ1v) is 10.7. The quantitative estimate of drug-likeness (QED) is 0.415. The fourth-order valence-electron chi connectivity index (χ4n) is 2.85. The van der Waals surface area contributed by atoms with E-state index in [9.17, 15) is 4.79 Å². The van der Waals surface area contributed by atoms with Crippen LogP contribution in [0.1, 0.15) is 11.3 Å². The zero-order valence-electron chi connectivity index (χ0n) is 15.1. The average molecular weight is 466 g/mol. The Morgan fingerprint density at radius 3 is 2.79 bits per heavy atom. The lowest BCUT2D eigenvalue weighted by Crippen LogP contribution is -2.31. The molecule has 0 aliphatic carbocycles. The third-order valence-corrected chi connectivity index (χ3v) is 6.42.